The molecule has 4 aromatic rings. The Morgan fingerprint density at radius 1 is 1.29 bits per heavy atom. The van der Waals surface area contributed by atoms with Gasteiger partial charge in [-0.25, -0.2) is 9.97 Å². The fourth-order valence-corrected chi connectivity index (χ4v) is 4.23. The molecule has 7 nitrogen and oxygen atoms in total. The number of aromatic nitrogens is 4. The van der Waals surface area contributed by atoms with Crippen LogP contribution in [0.5, 0.6) is 0 Å². The van der Waals surface area contributed by atoms with Gasteiger partial charge in [-0.2, -0.15) is 0 Å². The van der Waals surface area contributed by atoms with Crippen molar-refractivity contribution in [2.75, 3.05) is 5.73 Å². The molecule has 1 aliphatic rings. The molecule has 0 bridgehead atoms. The lowest BCUT2D eigenvalue weighted by Gasteiger charge is -2.24. The zero-order valence-electron chi connectivity index (χ0n) is 16.9. The van der Waals surface area contributed by atoms with Gasteiger partial charge in [-0.15, -0.1) is 12.4 Å². The summed E-state index contributed by atoms with van der Waals surface area (Å²) in [5, 5.41) is 4.80. The number of para-hydroxylation sites is 1. The Hall–Kier alpha value is -3.71. The van der Waals surface area contributed by atoms with Crippen LogP contribution in [0.2, 0.25) is 0 Å². The number of nitrogens with two attached hydrogens (primary N) is 1. The van der Waals surface area contributed by atoms with E-state index >= 15 is 0 Å². The molecule has 0 saturated heterocycles. The van der Waals surface area contributed by atoms with Crippen LogP contribution >= 0.6 is 12.4 Å². The smallest absolute Gasteiger partial charge is 0.243 e. The molecule has 8 heteroatoms. The molecular formula is C23H21ClN6O. The molecular weight excluding hydrogens is 412 g/mol. The van der Waals surface area contributed by atoms with Crippen LogP contribution in [-0.2, 0) is 11.3 Å². The number of carbonyl (C=O) groups excluding carboxylic acids is 1. The second-order valence-corrected chi connectivity index (χ2v) is 7.38. The van der Waals surface area contributed by atoms with Crippen molar-refractivity contribution in [3.05, 3.63) is 67.3 Å². The zero-order chi connectivity index (χ0) is 20.8. The zero-order valence-corrected chi connectivity index (χ0v) is 17.7. The summed E-state index contributed by atoms with van der Waals surface area (Å²) in [5.74, 6) is 0.210. The Kier molecular flexibility index (Phi) is 5.20. The minimum atomic E-state index is -0.211. The minimum absolute atomic E-state index is 0. The van der Waals surface area contributed by atoms with Gasteiger partial charge < -0.3 is 15.6 Å². The van der Waals surface area contributed by atoms with Crippen LogP contribution in [0.25, 0.3) is 38.6 Å². The second-order valence-electron chi connectivity index (χ2n) is 7.38. The number of hydrogen-bond acceptors (Lipinski definition) is 5. The van der Waals surface area contributed by atoms with E-state index < -0.39 is 0 Å². The summed E-state index contributed by atoms with van der Waals surface area (Å²) in [7, 11) is 0. The average molecular weight is 433 g/mol. The van der Waals surface area contributed by atoms with E-state index in [-0.39, 0.29) is 24.4 Å². The largest absolute Gasteiger partial charge is 0.383 e. The number of amides is 1. The van der Waals surface area contributed by atoms with Gasteiger partial charge in [0.2, 0.25) is 5.91 Å². The Bertz CT molecular complexity index is 1370. The Labute approximate surface area is 185 Å². The Balaban J connectivity index is 0.00000231. The molecule has 1 aromatic carbocycles. The van der Waals surface area contributed by atoms with Crippen molar-refractivity contribution in [3.63, 3.8) is 0 Å². The van der Waals surface area contributed by atoms with Crippen molar-refractivity contribution in [3.8, 4) is 11.1 Å². The highest BCUT2D eigenvalue weighted by molar-refractivity contribution is 6.07. The first-order valence-electron chi connectivity index (χ1n) is 9.66. The molecule has 1 aliphatic heterocycles. The number of fused-ring (bicyclic) bond motifs is 4. The summed E-state index contributed by atoms with van der Waals surface area (Å²) in [6.07, 6.45) is 6.66. The van der Waals surface area contributed by atoms with Gasteiger partial charge in [0.1, 0.15) is 17.8 Å². The molecule has 1 atom stereocenters. The van der Waals surface area contributed by atoms with Crippen LogP contribution in [0, 0.1) is 0 Å². The first kappa shape index (κ1) is 20.6. The molecule has 0 radical (unpaired) electrons. The van der Waals surface area contributed by atoms with E-state index in [4.69, 9.17) is 5.73 Å². The lowest BCUT2D eigenvalue weighted by atomic mass is 9.97. The number of rotatable bonds is 3. The van der Waals surface area contributed by atoms with Gasteiger partial charge in [-0.05, 0) is 30.7 Å². The lowest BCUT2D eigenvalue weighted by Crippen LogP contribution is -2.37. The highest BCUT2D eigenvalue weighted by Gasteiger charge is 2.28. The van der Waals surface area contributed by atoms with Gasteiger partial charge in [-0.3, -0.25) is 9.78 Å². The number of pyridine rings is 1. The monoisotopic (exact) mass is 432 g/mol. The van der Waals surface area contributed by atoms with Gasteiger partial charge >= 0.3 is 0 Å². The van der Waals surface area contributed by atoms with Crippen LogP contribution in [0.3, 0.4) is 0 Å². The van der Waals surface area contributed by atoms with Gasteiger partial charge in [0, 0.05) is 29.3 Å². The quantitative estimate of drug-likeness (QED) is 0.480. The Morgan fingerprint density at radius 3 is 2.90 bits per heavy atom. The summed E-state index contributed by atoms with van der Waals surface area (Å²) < 4.78 is 2.10. The normalized spacial score (nSPS) is 15.1. The average Bonchev–Trinajstić information content (AvgIpc) is 3.09. The summed E-state index contributed by atoms with van der Waals surface area (Å²) >= 11 is 0. The van der Waals surface area contributed by atoms with Crippen molar-refractivity contribution in [1.82, 2.24) is 24.8 Å². The molecule has 156 valence electrons. The first-order valence-corrected chi connectivity index (χ1v) is 9.66. The minimum Gasteiger partial charge on any atom is -0.383 e. The maximum Gasteiger partial charge on any atom is 0.243 e. The van der Waals surface area contributed by atoms with Gasteiger partial charge in [0.05, 0.1) is 22.6 Å². The molecule has 31 heavy (non-hydrogen) atoms. The van der Waals surface area contributed by atoms with Gasteiger partial charge in [0.25, 0.3) is 0 Å². The number of nitrogen functional groups attached to an aromatic ring is 1. The highest BCUT2D eigenvalue weighted by Crippen LogP contribution is 2.41. The molecule has 0 aliphatic carbocycles. The van der Waals surface area contributed by atoms with E-state index in [0.717, 1.165) is 44.3 Å². The maximum absolute atomic E-state index is 11.8. The SMILES string of the molecule is C=CC(=O)N[C@H]1C=C(C)c2c(-c3cnc4ccccc4c3)c3c(N)ncnc3n2C1.Cl. The van der Waals surface area contributed by atoms with Crippen molar-refractivity contribution in [2.45, 2.75) is 19.5 Å². The molecule has 0 saturated carbocycles. The third-order valence-corrected chi connectivity index (χ3v) is 5.47. The van der Waals surface area contributed by atoms with E-state index in [0.29, 0.717) is 12.4 Å². The lowest BCUT2D eigenvalue weighted by molar-refractivity contribution is -0.116. The number of carbonyl (C=O) groups is 1. The van der Waals surface area contributed by atoms with Gasteiger partial charge in [-0.1, -0.05) is 30.9 Å². The molecule has 0 unspecified atom stereocenters. The highest BCUT2D eigenvalue weighted by atomic mass is 35.5. The molecule has 4 heterocycles. The molecule has 0 fully saturated rings. The van der Waals surface area contributed by atoms with E-state index in [9.17, 15) is 4.79 Å². The van der Waals surface area contributed by atoms with Crippen LogP contribution in [0.4, 0.5) is 5.82 Å². The summed E-state index contributed by atoms with van der Waals surface area (Å²) in [6, 6.07) is 9.94. The number of nitrogens with one attached hydrogen (secondary N) is 1. The summed E-state index contributed by atoms with van der Waals surface area (Å²) in [6.45, 7) is 6.10. The van der Waals surface area contributed by atoms with Crippen molar-refractivity contribution >= 4 is 51.6 Å². The maximum atomic E-state index is 11.8. The number of allylic oxidation sites excluding steroid dienone is 1. The van der Waals surface area contributed by atoms with Crippen LogP contribution < -0.4 is 11.1 Å². The molecule has 3 aromatic heterocycles. The number of nitrogens with zero attached hydrogens (tertiary/aromatic N) is 4. The van der Waals surface area contributed by atoms with Crippen molar-refractivity contribution in [2.24, 2.45) is 0 Å². The van der Waals surface area contributed by atoms with E-state index in [1.54, 1.807) is 0 Å². The van der Waals surface area contributed by atoms with Crippen molar-refractivity contribution < 1.29 is 4.79 Å². The standard InChI is InChI=1S/C23H20N6O.ClH/c1-3-18(30)28-16-8-13(2)21-19(15-9-14-6-4-5-7-17(14)25-10-15)20-22(24)26-12-27-23(20)29(21)11-16;/h3-10,12,16H,1,11H2,2H3,(H,28,30)(H2,24,26,27);1H/t16-;/m0./s1. The number of anilines is 1. The molecule has 5 rings (SSSR count). The van der Waals surface area contributed by atoms with Gasteiger partial charge in [0.15, 0.2) is 0 Å². The second kappa shape index (κ2) is 7.85. The first-order chi connectivity index (χ1) is 14.6. The summed E-state index contributed by atoms with van der Waals surface area (Å²) in [4.78, 5) is 25.2. The number of hydrogen-bond donors (Lipinski definition) is 2. The van der Waals surface area contributed by atoms with E-state index in [1.165, 1.54) is 12.4 Å². The van der Waals surface area contributed by atoms with Crippen LogP contribution in [-0.4, -0.2) is 31.5 Å². The number of benzene rings is 1. The number of halogens is 1. The molecule has 0 spiro atoms. The third kappa shape index (κ3) is 3.33. The summed E-state index contributed by atoms with van der Waals surface area (Å²) in [5.41, 5.74) is 11.9. The topological polar surface area (TPSA) is 98.7 Å². The van der Waals surface area contributed by atoms with Crippen LogP contribution in [0.1, 0.15) is 12.6 Å². The third-order valence-electron chi connectivity index (χ3n) is 5.47. The van der Waals surface area contributed by atoms with Crippen molar-refractivity contribution in [1.29, 1.82) is 0 Å². The molecule has 1 amide bonds. The predicted octanol–water partition coefficient (Wildman–Crippen LogP) is 3.74. The van der Waals surface area contributed by atoms with Crippen LogP contribution in [0.15, 0.2) is 61.6 Å². The van der Waals surface area contributed by atoms with E-state index in [2.05, 4.69) is 43.6 Å². The fourth-order valence-electron chi connectivity index (χ4n) is 4.23. The molecule has 3 N–H and O–H groups in total. The Morgan fingerprint density at radius 2 is 2.10 bits per heavy atom. The predicted molar refractivity (Wildman–Crippen MR) is 126 cm³/mol. The fraction of sp³-hybridized carbons (Fsp3) is 0.130. The van der Waals surface area contributed by atoms with E-state index in [1.807, 2.05) is 37.4 Å².